The molecule has 0 aromatic carbocycles. The van der Waals surface area contributed by atoms with Crippen LogP contribution in [0.1, 0.15) is 27.2 Å². The van der Waals surface area contributed by atoms with Gasteiger partial charge >= 0.3 is 0 Å². The van der Waals surface area contributed by atoms with E-state index in [1.807, 2.05) is 0 Å². The predicted octanol–water partition coefficient (Wildman–Crippen LogP) is 1.41. The van der Waals surface area contributed by atoms with Crippen LogP contribution in [0.3, 0.4) is 0 Å². The van der Waals surface area contributed by atoms with Crippen molar-refractivity contribution < 1.29 is 4.74 Å². The third kappa shape index (κ3) is 1.74. The van der Waals surface area contributed by atoms with Gasteiger partial charge in [0.25, 0.3) is 0 Å². The second kappa shape index (κ2) is 3.55. The summed E-state index contributed by atoms with van der Waals surface area (Å²) in [6.45, 7) is 9.60. The lowest BCUT2D eigenvalue weighted by Gasteiger charge is -2.45. The summed E-state index contributed by atoms with van der Waals surface area (Å²) >= 11 is 0. The normalized spacial score (nSPS) is 21.8. The Morgan fingerprint density at radius 1 is 1.45 bits per heavy atom. The SMILES string of the molecule is CCCNC1(C(C)C)COC1. The van der Waals surface area contributed by atoms with Gasteiger partial charge < -0.3 is 10.1 Å². The largest absolute Gasteiger partial charge is 0.377 e. The van der Waals surface area contributed by atoms with E-state index in [9.17, 15) is 0 Å². The van der Waals surface area contributed by atoms with Crippen molar-refractivity contribution in [1.82, 2.24) is 5.32 Å². The fraction of sp³-hybridized carbons (Fsp3) is 1.00. The molecule has 1 aliphatic heterocycles. The Bertz CT molecular complexity index is 119. The first-order chi connectivity index (χ1) is 5.21. The van der Waals surface area contributed by atoms with Crippen LogP contribution in [0, 0.1) is 5.92 Å². The van der Waals surface area contributed by atoms with Gasteiger partial charge in [-0.3, -0.25) is 0 Å². The van der Waals surface area contributed by atoms with Gasteiger partial charge in [-0.1, -0.05) is 20.8 Å². The zero-order chi connectivity index (χ0) is 8.32. The Labute approximate surface area is 69.3 Å². The standard InChI is InChI=1S/C9H19NO/c1-4-5-10-9(8(2)3)6-11-7-9/h8,10H,4-7H2,1-3H3. The van der Waals surface area contributed by atoms with Crippen LogP contribution in [-0.4, -0.2) is 25.3 Å². The summed E-state index contributed by atoms with van der Waals surface area (Å²) in [6, 6.07) is 0. The quantitative estimate of drug-likeness (QED) is 0.666. The van der Waals surface area contributed by atoms with Crippen molar-refractivity contribution in [2.45, 2.75) is 32.7 Å². The Balaban J connectivity index is 2.34. The van der Waals surface area contributed by atoms with Crippen LogP contribution in [0.4, 0.5) is 0 Å². The van der Waals surface area contributed by atoms with E-state index in [4.69, 9.17) is 4.74 Å². The molecule has 0 amide bonds. The molecule has 0 bridgehead atoms. The first-order valence-electron chi connectivity index (χ1n) is 4.54. The van der Waals surface area contributed by atoms with Crippen molar-refractivity contribution in [3.63, 3.8) is 0 Å². The molecule has 1 aliphatic rings. The molecule has 0 atom stereocenters. The molecule has 0 spiro atoms. The molecule has 0 aromatic rings. The number of ether oxygens (including phenoxy) is 1. The average molecular weight is 157 g/mol. The maximum atomic E-state index is 5.23. The molecule has 66 valence electrons. The minimum absolute atomic E-state index is 0.302. The third-order valence-electron chi connectivity index (χ3n) is 2.55. The zero-order valence-corrected chi connectivity index (χ0v) is 7.81. The van der Waals surface area contributed by atoms with Gasteiger partial charge in [0.15, 0.2) is 0 Å². The molecule has 0 radical (unpaired) electrons. The van der Waals surface area contributed by atoms with Gasteiger partial charge in [-0.05, 0) is 18.9 Å². The van der Waals surface area contributed by atoms with E-state index in [-0.39, 0.29) is 0 Å². The van der Waals surface area contributed by atoms with Crippen LogP contribution in [0.15, 0.2) is 0 Å². The van der Waals surface area contributed by atoms with Crippen molar-refractivity contribution in [3.05, 3.63) is 0 Å². The van der Waals surface area contributed by atoms with E-state index in [1.54, 1.807) is 0 Å². The Kier molecular flexibility index (Phi) is 2.90. The summed E-state index contributed by atoms with van der Waals surface area (Å²) in [4.78, 5) is 0. The van der Waals surface area contributed by atoms with Gasteiger partial charge in [-0.15, -0.1) is 0 Å². The minimum Gasteiger partial charge on any atom is -0.377 e. The summed E-state index contributed by atoms with van der Waals surface area (Å²) in [7, 11) is 0. The number of rotatable bonds is 4. The van der Waals surface area contributed by atoms with Crippen molar-refractivity contribution in [3.8, 4) is 0 Å². The first-order valence-corrected chi connectivity index (χ1v) is 4.54. The van der Waals surface area contributed by atoms with E-state index in [0.717, 1.165) is 19.8 Å². The van der Waals surface area contributed by atoms with Crippen molar-refractivity contribution in [1.29, 1.82) is 0 Å². The smallest absolute Gasteiger partial charge is 0.0676 e. The van der Waals surface area contributed by atoms with E-state index in [2.05, 4.69) is 26.1 Å². The highest BCUT2D eigenvalue weighted by Crippen LogP contribution is 2.25. The topological polar surface area (TPSA) is 21.3 Å². The molecular weight excluding hydrogens is 138 g/mol. The Hall–Kier alpha value is -0.0800. The fourth-order valence-electron chi connectivity index (χ4n) is 1.34. The lowest BCUT2D eigenvalue weighted by atomic mass is 9.84. The average Bonchev–Trinajstić information content (AvgIpc) is 1.85. The highest BCUT2D eigenvalue weighted by Gasteiger charge is 2.40. The van der Waals surface area contributed by atoms with Crippen LogP contribution in [0.2, 0.25) is 0 Å². The van der Waals surface area contributed by atoms with E-state index in [0.29, 0.717) is 11.5 Å². The summed E-state index contributed by atoms with van der Waals surface area (Å²) in [5, 5.41) is 3.56. The summed E-state index contributed by atoms with van der Waals surface area (Å²) < 4.78 is 5.23. The van der Waals surface area contributed by atoms with Crippen LogP contribution >= 0.6 is 0 Å². The lowest BCUT2D eigenvalue weighted by Crippen LogP contribution is -2.63. The van der Waals surface area contributed by atoms with Gasteiger partial charge in [-0.25, -0.2) is 0 Å². The van der Waals surface area contributed by atoms with Gasteiger partial charge in [0, 0.05) is 0 Å². The summed E-state index contributed by atoms with van der Waals surface area (Å²) in [6.07, 6.45) is 1.20. The van der Waals surface area contributed by atoms with Gasteiger partial charge in [-0.2, -0.15) is 0 Å². The third-order valence-corrected chi connectivity index (χ3v) is 2.55. The van der Waals surface area contributed by atoms with Crippen LogP contribution in [0.25, 0.3) is 0 Å². The molecule has 11 heavy (non-hydrogen) atoms. The predicted molar refractivity (Wildman–Crippen MR) is 46.7 cm³/mol. The Morgan fingerprint density at radius 2 is 2.09 bits per heavy atom. The number of hydrogen-bond donors (Lipinski definition) is 1. The van der Waals surface area contributed by atoms with E-state index >= 15 is 0 Å². The molecule has 0 saturated carbocycles. The second-order valence-electron chi connectivity index (χ2n) is 3.73. The van der Waals surface area contributed by atoms with Gasteiger partial charge in [0.2, 0.25) is 0 Å². The maximum Gasteiger partial charge on any atom is 0.0676 e. The van der Waals surface area contributed by atoms with E-state index < -0.39 is 0 Å². The molecule has 1 heterocycles. The number of hydrogen-bond acceptors (Lipinski definition) is 2. The highest BCUT2D eigenvalue weighted by molar-refractivity contribution is 4.96. The summed E-state index contributed by atoms with van der Waals surface area (Å²) in [5.41, 5.74) is 0.302. The highest BCUT2D eigenvalue weighted by atomic mass is 16.5. The molecule has 0 aliphatic carbocycles. The molecule has 1 N–H and O–H groups in total. The molecular formula is C9H19NO. The second-order valence-corrected chi connectivity index (χ2v) is 3.73. The zero-order valence-electron chi connectivity index (χ0n) is 7.81. The molecule has 2 nitrogen and oxygen atoms in total. The summed E-state index contributed by atoms with van der Waals surface area (Å²) in [5.74, 6) is 0.683. The Morgan fingerprint density at radius 3 is 2.36 bits per heavy atom. The molecule has 0 aromatic heterocycles. The monoisotopic (exact) mass is 157 g/mol. The molecule has 1 fully saturated rings. The van der Waals surface area contributed by atoms with Crippen molar-refractivity contribution in [2.75, 3.05) is 19.8 Å². The maximum absolute atomic E-state index is 5.23. The lowest BCUT2D eigenvalue weighted by molar-refractivity contribution is -0.0971. The van der Waals surface area contributed by atoms with E-state index in [1.165, 1.54) is 6.42 Å². The van der Waals surface area contributed by atoms with Crippen LogP contribution < -0.4 is 5.32 Å². The molecule has 0 unspecified atom stereocenters. The minimum atomic E-state index is 0.302. The molecule has 1 saturated heterocycles. The van der Waals surface area contributed by atoms with Crippen LogP contribution in [-0.2, 0) is 4.74 Å². The van der Waals surface area contributed by atoms with Crippen LogP contribution in [0.5, 0.6) is 0 Å². The first kappa shape index (κ1) is 9.01. The van der Waals surface area contributed by atoms with Gasteiger partial charge in [0.05, 0.1) is 18.8 Å². The van der Waals surface area contributed by atoms with Crippen molar-refractivity contribution in [2.24, 2.45) is 5.92 Å². The molecule has 1 rings (SSSR count). The fourth-order valence-corrected chi connectivity index (χ4v) is 1.34. The van der Waals surface area contributed by atoms with Gasteiger partial charge in [0.1, 0.15) is 0 Å². The van der Waals surface area contributed by atoms with Crippen molar-refractivity contribution >= 4 is 0 Å². The molecule has 2 heteroatoms. The number of nitrogens with one attached hydrogen (secondary N) is 1.